The molecule has 9 heteroatoms. The maximum Gasteiger partial charge on any atom is 0.252 e. The molecule has 2 aromatic heterocycles. The summed E-state index contributed by atoms with van der Waals surface area (Å²) in [5.41, 5.74) is 4.52. The second-order valence-electron chi connectivity index (χ2n) is 9.35. The van der Waals surface area contributed by atoms with E-state index in [2.05, 4.69) is 37.5 Å². The van der Waals surface area contributed by atoms with Gasteiger partial charge in [0.05, 0.1) is 24.7 Å². The molecule has 1 aliphatic heterocycles. The zero-order valence-electron chi connectivity index (χ0n) is 20.0. The fourth-order valence-electron chi connectivity index (χ4n) is 4.77. The molecule has 4 aromatic rings. The number of hydrogen-bond donors (Lipinski definition) is 1. The van der Waals surface area contributed by atoms with Crippen molar-refractivity contribution in [3.05, 3.63) is 86.7 Å². The maximum atomic E-state index is 13.5. The summed E-state index contributed by atoms with van der Waals surface area (Å²) in [6.45, 7) is 6.75. The van der Waals surface area contributed by atoms with E-state index >= 15 is 0 Å². The molecule has 35 heavy (non-hydrogen) atoms. The number of rotatable bonds is 8. The number of aromatic nitrogens is 5. The zero-order valence-corrected chi connectivity index (χ0v) is 20.0. The SMILES string of the molecule is Cc1cc(C)c2[nH]c(=O)c(CN(Cc3ccc(F)cc3)Cc3nnnn3C[C@H]3CCCO3)cc2c1. The van der Waals surface area contributed by atoms with Gasteiger partial charge in [-0.2, -0.15) is 0 Å². The van der Waals surface area contributed by atoms with Crippen LogP contribution in [-0.4, -0.2) is 42.8 Å². The van der Waals surface area contributed by atoms with E-state index in [9.17, 15) is 9.18 Å². The van der Waals surface area contributed by atoms with Crippen LogP contribution in [0.5, 0.6) is 0 Å². The van der Waals surface area contributed by atoms with Gasteiger partial charge in [-0.25, -0.2) is 9.07 Å². The van der Waals surface area contributed by atoms with E-state index in [1.807, 2.05) is 19.9 Å². The van der Waals surface area contributed by atoms with Gasteiger partial charge in [-0.15, -0.1) is 5.10 Å². The smallest absolute Gasteiger partial charge is 0.252 e. The highest BCUT2D eigenvalue weighted by Gasteiger charge is 2.21. The minimum atomic E-state index is -0.280. The van der Waals surface area contributed by atoms with E-state index in [0.717, 1.165) is 47.0 Å². The van der Waals surface area contributed by atoms with Crippen molar-refractivity contribution in [2.45, 2.75) is 59.0 Å². The number of nitrogens with zero attached hydrogens (tertiary/aromatic N) is 5. The first-order valence-corrected chi connectivity index (χ1v) is 11.9. The predicted octanol–water partition coefficient (Wildman–Crippen LogP) is 3.65. The number of aromatic amines is 1. The average molecular weight is 477 g/mol. The van der Waals surface area contributed by atoms with Crippen molar-refractivity contribution < 1.29 is 9.13 Å². The molecule has 1 aliphatic rings. The number of fused-ring (bicyclic) bond motifs is 1. The summed E-state index contributed by atoms with van der Waals surface area (Å²) in [5.74, 6) is 0.420. The minimum absolute atomic E-state index is 0.109. The molecule has 5 rings (SSSR count). The van der Waals surface area contributed by atoms with Crippen LogP contribution >= 0.6 is 0 Å². The van der Waals surface area contributed by atoms with Gasteiger partial charge in [0.25, 0.3) is 5.56 Å². The van der Waals surface area contributed by atoms with Crippen LogP contribution in [0.15, 0.2) is 47.3 Å². The van der Waals surface area contributed by atoms with Crippen LogP contribution in [0.1, 0.15) is 40.9 Å². The molecule has 1 atom stereocenters. The number of halogens is 1. The highest BCUT2D eigenvalue weighted by atomic mass is 19.1. The number of ether oxygens (including phenoxy) is 1. The van der Waals surface area contributed by atoms with Crippen LogP contribution in [0.2, 0.25) is 0 Å². The average Bonchev–Trinajstić information content (AvgIpc) is 3.49. The first-order chi connectivity index (χ1) is 16.9. The van der Waals surface area contributed by atoms with Crippen molar-refractivity contribution in [2.24, 2.45) is 0 Å². The lowest BCUT2D eigenvalue weighted by Crippen LogP contribution is -2.29. The Labute approximate surface area is 202 Å². The van der Waals surface area contributed by atoms with E-state index < -0.39 is 0 Å². The van der Waals surface area contributed by atoms with Crippen LogP contribution in [0.25, 0.3) is 10.9 Å². The highest BCUT2D eigenvalue weighted by molar-refractivity contribution is 5.82. The van der Waals surface area contributed by atoms with Gasteiger partial charge in [0.2, 0.25) is 0 Å². The van der Waals surface area contributed by atoms with Crippen LogP contribution in [0.4, 0.5) is 4.39 Å². The molecule has 1 fully saturated rings. The highest BCUT2D eigenvalue weighted by Crippen LogP contribution is 2.20. The summed E-state index contributed by atoms with van der Waals surface area (Å²) in [7, 11) is 0. The Balaban J connectivity index is 1.44. The summed E-state index contributed by atoms with van der Waals surface area (Å²) in [6.07, 6.45) is 2.14. The van der Waals surface area contributed by atoms with Gasteiger partial charge in [-0.05, 0) is 77.9 Å². The Morgan fingerprint density at radius 1 is 1.14 bits per heavy atom. The van der Waals surface area contributed by atoms with E-state index in [0.29, 0.717) is 37.6 Å². The lowest BCUT2D eigenvalue weighted by Gasteiger charge is -2.22. The Morgan fingerprint density at radius 2 is 1.97 bits per heavy atom. The van der Waals surface area contributed by atoms with Crippen LogP contribution in [-0.2, 0) is 30.9 Å². The molecule has 3 heterocycles. The van der Waals surface area contributed by atoms with E-state index in [1.165, 1.54) is 12.1 Å². The monoisotopic (exact) mass is 476 g/mol. The molecule has 0 aliphatic carbocycles. The number of hydrogen-bond acceptors (Lipinski definition) is 6. The Morgan fingerprint density at radius 3 is 2.74 bits per heavy atom. The zero-order chi connectivity index (χ0) is 24.4. The summed E-state index contributed by atoms with van der Waals surface area (Å²) >= 11 is 0. The molecule has 1 N–H and O–H groups in total. The number of pyridine rings is 1. The quantitative estimate of drug-likeness (QED) is 0.418. The molecule has 2 aromatic carbocycles. The molecule has 0 saturated carbocycles. The Hall–Kier alpha value is -3.43. The fraction of sp³-hybridized carbons (Fsp3) is 0.385. The molecule has 0 bridgehead atoms. The molecular formula is C26H29FN6O2. The third kappa shape index (κ3) is 5.47. The fourth-order valence-corrected chi connectivity index (χ4v) is 4.77. The molecule has 0 radical (unpaired) electrons. The van der Waals surface area contributed by atoms with Crippen LogP contribution in [0.3, 0.4) is 0 Å². The Bertz CT molecular complexity index is 1380. The topological polar surface area (TPSA) is 88.9 Å². The van der Waals surface area contributed by atoms with Gasteiger partial charge < -0.3 is 9.72 Å². The van der Waals surface area contributed by atoms with Gasteiger partial charge in [-0.1, -0.05) is 23.8 Å². The number of H-pyrrole nitrogens is 1. The number of aryl methyl sites for hydroxylation is 2. The molecule has 8 nitrogen and oxygen atoms in total. The number of nitrogens with one attached hydrogen (secondary N) is 1. The van der Waals surface area contributed by atoms with Crippen molar-refractivity contribution in [2.75, 3.05) is 6.61 Å². The molecular weight excluding hydrogens is 447 g/mol. The predicted molar refractivity (Wildman–Crippen MR) is 130 cm³/mol. The lowest BCUT2D eigenvalue weighted by molar-refractivity contribution is 0.0914. The van der Waals surface area contributed by atoms with E-state index in [4.69, 9.17) is 4.74 Å². The number of benzene rings is 2. The summed E-state index contributed by atoms with van der Waals surface area (Å²) in [5, 5.41) is 13.3. The van der Waals surface area contributed by atoms with E-state index in [1.54, 1.807) is 16.8 Å². The number of tetrazole rings is 1. The summed E-state index contributed by atoms with van der Waals surface area (Å²) < 4.78 is 21.0. The first kappa shape index (κ1) is 23.3. The van der Waals surface area contributed by atoms with Crippen molar-refractivity contribution in [1.29, 1.82) is 0 Å². The largest absolute Gasteiger partial charge is 0.376 e. The van der Waals surface area contributed by atoms with Gasteiger partial charge in [0, 0.05) is 25.3 Å². The van der Waals surface area contributed by atoms with Crippen LogP contribution in [0, 0.1) is 19.7 Å². The van der Waals surface area contributed by atoms with Crippen molar-refractivity contribution in [1.82, 2.24) is 30.1 Å². The van der Waals surface area contributed by atoms with E-state index in [-0.39, 0.29) is 17.5 Å². The summed E-state index contributed by atoms with van der Waals surface area (Å²) in [6, 6.07) is 12.5. The van der Waals surface area contributed by atoms with Gasteiger partial charge in [0.15, 0.2) is 5.82 Å². The third-order valence-electron chi connectivity index (χ3n) is 6.46. The summed E-state index contributed by atoms with van der Waals surface area (Å²) in [4.78, 5) is 18.2. The second-order valence-corrected chi connectivity index (χ2v) is 9.35. The normalized spacial score (nSPS) is 15.9. The van der Waals surface area contributed by atoms with Crippen LogP contribution < -0.4 is 5.56 Å². The minimum Gasteiger partial charge on any atom is -0.376 e. The second kappa shape index (κ2) is 10.1. The van der Waals surface area contributed by atoms with Gasteiger partial charge >= 0.3 is 0 Å². The maximum absolute atomic E-state index is 13.5. The van der Waals surface area contributed by atoms with Gasteiger partial charge in [0.1, 0.15) is 5.82 Å². The van der Waals surface area contributed by atoms with Gasteiger partial charge in [-0.3, -0.25) is 9.69 Å². The lowest BCUT2D eigenvalue weighted by atomic mass is 10.0. The third-order valence-corrected chi connectivity index (χ3v) is 6.46. The first-order valence-electron chi connectivity index (χ1n) is 11.9. The van der Waals surface area contributed by atoms with Crippen molar-refractivity contribution in [3.63, 3.8) is 0 Å². The molecule has 0 unspecified atom stereocenters. The molecule has 1 saturated heterocycles. The van der Waals surface area contributed by atoms with Crippen molar-refractivity contribution in [3.8, 4) is 0 Å². The Kier molecular flexibility index (Phi) is 6.70. The molecule has 0 amide bonds. The molecule has 0 spiro atoms. The van der Waals surface area contributed by atoms with Crippen molar-refractivity contribution >= 4 is 10.9 Å². The standard InChI is InChI=1S/C26H29FN6O2/c1-17-10-18(2)25-20(11-17)12-21(26(34)28-25)14-32(13-19-5-7-22(27)8-6-19)16-24-29-30-31-33(24)15-23-4-3-9-35-23/h5-8,10-12,23H,3-4,9,13-16H2,1-2H3,(H,28,34)/t23-/m1/s1. The molecule has 182 valence electrons.